The first kappa shape index (κ1) is 18.6. The molecule has 0 radical (unpaired) electrons. The number of hydrogen-bond acceptors (Lipinski definition) is 5. The fourth-order valence-corrected chi connectivity index (χ4v) is 5.38. The van der Waals surface area contributed by atoms with E-state index in [1.807, 2.05) is 0 Å². The smallest absolute Gasteiger partial charge is 0.245 e. The van der Waals surface area contributed by atoms with Gasteiger partial charge in [0.15, 0.2) is 0 Å². The topological polar surface area (TPSA) is 69.9 Å². The Bertz CT molecular complexity index is 691. The average Bonchev–Trinajstić information content (AvgIpc) is 2.57. The molecule has 25 heavy (non-hydrogen) atoms. The zero-order chi connectivity index (χ0) is 18.1. The molecule has 6 nitrogen and oxygen atoms in total. The second-order valence-electron chi connectivity index (χ2n) is 7.83. The monoisotopic (exact) mass is 366 g/mol. The van der Waals surface area contributed by atoms with Crippen molar-refractivity contribution < 1.29 is 8.42 Å². The molecule has 2 heterocycles. The normalized spacial score (nSPS) is 23.6. The first-order chi connectivity index (χ1) is 11.8. The number of benzene rings is 1. The number of hydrogen-bond donors (Lipinski definition) is 1. The average molecular weight is 367 g/mol. The zero-order valence-corrected chi connectivity index (χ0v) is 16.1. The molecule has 140 valence electrons. The standard InChI is InChI=1S/C18H30N4O2S/c1-18(15-21-13-11-20(2)12-14-21)7-9-22(10-8-18)25(23,24)17-6-4-3-5-16(17)19/h3-6H,7-15,19H2,1-2H3. The number of piperidine rings is 1. The van der Waals surface area contributed by atoms with Gasteiger partial charge in [-0.05, 0) is 37.4 Å². The molecule has 0 saturated carbocycles. The summed E-state index contributed by atoms with van der Waals surface area (Å²) in [4.78, 5) is 5.12. The summed E-state index contributed by atoms with van der Waals surface area (Å²) in [6, 6.07) is 6.74. The van der Waals surface area contributed by atoms with Crippen molar-refractivity contribution in [2.75, 3.05) is 58.6 Å². The number of rotatable bonds is 4. The third-order valence-corrected chi connectivity index (χ3v) is 7.64. The summed E-state index contributed by atoms with van der Waals surface area (Å²) in [7, 11) is -1.33. The van der Waals surface area contributed by atoms with Crippen molar-refractivity contribution in [2.24, 2.45) is 5.41 Å². The lowest BCUT2D eigenvalue weighted by molar-refractivity contribution is 0.0726. The van der Waals surface area contributed by atoms with Crippen LogP contribution >= 0.6 is 0 Å². The van der Waals surface area contributed by atoms with Crippen LogP contribution in [0.2, 0.25) is 0 Å². The van der Waals surface area contributed by atoms with Crippen molar-refractivity contribution in [1.82, 2.24) is 14.1 Å². The van der Waals surface area contributed by atoms with Crippen molar-refractivity contribution in [2.45, 2.75) is 24.7 Å². The highest BCUT2D eigenvalue weighted by atomic mass is 32.2. The third-order valence-electron chi connectivity index (χ3n) is 5.67. The van der Waals surface area contributed by atoms with Crippen LogP contribution < -0.4 is 5.73 Å². The van der Waals surface area contributed by atoms with Gasteiger partial charge in [-0.15, -0.1) is 0 Å². The van der Waals surface area contributed by atoms with Gasteiger partial charge in [-0.25, -0.2) is 8.42 Å². The first-order valence-corrected chi connectivity index (χ1v) is 10.5. The minimum atomic E-state index is -3.50. The summed E-state index contributed by atoms with van der Waals surface area (Å²) >= 11 is 0. The van der Waals surface area contributed by atoms with Crippen LogP contribution in [0.25, 0.3) is 0 Å². The van der Waals surface area contributed by atoms with Crippen LogP contribution in [0.3, 0.4) is 0 Å². The lowest BCUT2D eigenvalue weighted by Crippen LogP contribution is -2.51. The molecule has 7 heteroatoms. The number of para-hydroxylation sites is 1. The summed E-state index contributed by atoms with van der Waals surface area (Å²) in [6.45, 7) is 8.94. The molecule has 2 N–H and O–H groups in total. The van der Waals surface area contributed by atoms with Gasteiger partial charge in [0, 0.05) is 45.8 Å². The Kier molecular flexibility index (Phi) is 5.39. The second-order valence-corrected chi connectivity index (χ2v) is 9.74. The summed E-state index contributed by atoms with van der Waals surface area (Å²) in [5.74, 6) is 0. The van der Waals surface area contributed by atoms with Crippen molar-refractivity contribution in [3.05, 3.63) is 24.3 Å². The van der Waals surface area contributed by atoms with Gasteiger partial charge in [0.05, 0.1) is 5.69 Å². The maximum atomic E-state index is 12.9. The van der Waals surface area contributed by atoms with E-state index in [9.17, 15) is 8.42 Å². The Morgan fingerprint density at radius 2 is 1.64 bits per heavy atom. The fraction of sp³-hybridized carbons (Fsp3) is 0.667. The quantitative estimate of drug-likeness (QED) is 0.814. The third kappa shape index (κ3) is 4.16. The van der Waals surface area contributed by atoms with Gasteiger partial charge < -0.3 is 15.5 Å². The maximum Gasteiger partial charge on any atom is 0.245 e. The van der Waals surface area contributed by atoms with Gasteiger partial charge in [0.1, 0.15) is 4.90 Å². The summed E-state index contributed by atoms with van der Waals surface area (Å²) in [6.07, 6.45) is 1.79. The summed E-state index contributed by atoms with van der Waals surface area (Å²) < 4.78 is 27.4. The Balaban J connectivity index is 1.62. The van der Waals surface area contributed by atoms with Crippen LogP contribution in [0.1, 0.15) is 19.8 Å². The van der Waals surface area contributed by atoms with E-state index in [1.54, 1.807) is 28.6 Å². The van der Waals surface area contributed by atoms with Crippen molar-refractivity contribution in [3.63, 3.8) is 0 Å². The lowest BCUT2D eigenvalue weighted by atomic mass is 9.80. The van der Waals surface area contributed by atoms with Gasteiger partial charge >= 0.3 is 0 Å². The van der Waals surface area contributed by atoms with Crippen LogP contribution in [0.5, 0.6) is 0 Å². The van der Waals surface area contributed by atoms with E-state index in [2.05, 4.69) is 23.8 Å². The second kappa shape index (κ2) is 7.23. The molecular formula is C18H30N4O2S. The number of nitrogens with zero attached hydrogens (tertiary/aromatic N) is 3. The molecule has 0 spiro atoms. The molecule has 1 aromatic carbocycles. The molecule has 0 amide bonds. The van der Waals surface area contributed by atoms with Crippen LogP contribution in [-0.4, -0.2) is 75.4 Å². The molecule has 2 aliphatic rings. The van der Waals surface area contributed by atoms with E-state index in [4.69, 9.17) is 5.73 Å². The number of nitrogens with two attached hydrogens (primary N) is 1. The molecule has 0 bridgehead atoms. The van der Waals surface area contributed by atoms with Crippen LogP contribution in [0, 0.1) is 5.41 Å². The highest BCUT2D eigenvalue weighted by molar-refractivity contribution is 7.89. The van der Waals surface area contributed by atoms with Gasteiger partial charge in [-0.2, -0.15) is 4.31 Å². The van der Waals surface area contributed by atoms with E-state index < -0.39 is 10.0 Å². The van der Waals surface area contributed by atoms with E-state index in [-0.39, 0.29) is 10.3 Å². The van der Waals surface area contributed by atoms with Gasteiger partial charge in [0.2, 0.25) is 10.0 Å². The van der Waals surface area contributed by atoms with E-state index in [0.29, 0.717) is 18.8 Å². The van der Waals surface area contributed by atoms with E-state index in [0.717, 1.165) is 45.6 Å². The van der Waals surface area contributed by atoms with E-state index in [1.165, 1.54) is 0 Å². The minimum absolute atomic E-state index is 0.185. The summed E-state index contributed by atoms with van der Waals surface area (Å²) in [5, 5.41) is 0. The van der Waals surface area contributed by atoms with Crippen molar-refractivity contribution >= 4 is 15.7 Å². The highest BCUT2D eigenvalue weighted by Gasteiger charge is 2.37. The highest BCUT2D eigenvalue weighted by Crippen LogP contribution is 2.35. The molecule has 3 rings (SSSR count). The van der Waals surface area contributed by atoms with Crippen LogP contribution in [0.15, 0.2) is 29.2 Å². The predicted octanol–water partition coefficient (Wildman–Crippen LogP) is 1.31. The van der Waals surface area contributed by atoms with Gasteiger partial charge in [0.25, 0.3) is 0 Å². The largest absolute Gasteiger partial charge is 0.398 e. The first-order valence-electron chi connectivity index (χ1n) is 9.06. The van der Waals surface area contributed by atoms with Gasteiger partial charge in [-0.1, -0.05) is 19.1 Å². The molecule has 0 aliphatic carbocycles. The number of likely N-dealkylation sites (N-methyl/N-ethyl adjacent to an activating group) is 1. The summed E-state index contributed by atoms with van der Waals surface area (Å²) in [5.41, 5.74) is 6.40. The zero-order valence-electron chi connectivity index (χ0n) is 15.3. The fourth-order valence-electron chi connectivity index (χ4n) is 3.82. The molecule has 0 aromatic heterocycles. The van der Waals surface area contributed by atoms with Crippen molar-refractivity contribution in [1.29, 1.82) is 0 Å². The Morgan fingerprint density at radius 1 is 1.04 bits per heavy atom. The van der Waals surface area contributed by atoms with Crippen LogP contribution in [-0.2, 0) is 10.0 Å². The molecular weight excluding hydrogens is 336 g/mol. The van der Waals surface area contributed by atoms with Crippen molar-refractivity contribution in [3.8, 4) is 0 Å². The number of anilines is 1. The molecule has 0 unspecified atom stereocenters. The molecule has 2 saturated heterocycles. The maximum absolute atomic E-state index is 12.9. The number of nitrogen functional groups attached to an aromatic ring is 1. The molecule has 2 fully saturated rings. The molecule has 1 aromatic rings. The molecule has 2 aliphatic heterocycles. The minimum Gasteiger partial charge on any atom is -0.398 e. The number of sulfonamides is 1. The Labute approximate surface area is 151 Å². The van der Waals surface area contributed by atoms with Gasteiger partial charge in [-0.3, -0.25) is 0 Å². The predicted molar refractivity (Wildman–Crippen MR) is 101 cm³/mol. The van der Waals surface area contributed by atoms with Crippen LogP contribution in [0.4, 0.5) is 5.69 Å². The Hall–Kier alpha value is -1.15. The number of piperazine rings is 1. The van der Waals surface area contributed by atoms with E-state index >= 15 is 0 Å². The SMILES string of the molecule is CN1CCN(CC2(C)CCN(S(=O)(=O)c3ccccc3N)CC2)CC1. The Morgan fingerprint density at radius 3 is 2.24 bits per heavy atom. The molecule has 0 atom stereocenters. The lowest BCUT2D eigenvalue weighted by Gasteiger charge is -2.43.